The first kappa shape index (κ1) is 10.9. The van der Waals surface area contributed by atoms with E-state index in [4.69, 9.17) is 4.52 Å². The molecular formula is C15H10N4O. The number of hydrogen-bond acceptors (Lipinski definition) is 4. The van der Waals surface area contributed by atoms with Gasteiger partial charge in [0.25, 0.3) is 5.89 Å². The Morgan fingerprint density at radius 2 is 2.00 bits per heavy atom. The van der Waals surface area contributed by atoms with E-state index in [-0.39, 0.29) is 0 Å². The van der Waals surface area contributed by atoms with Crippen LogP contribution in [0.1, 0.15) is 0 Å². The maximum absolute atomic E-state index is 5.36. The van der Waals surface area contributed by atoms with E-state index >= 15 is 0 Å². The van der Waals surface area contributed by atoms with Crippen LogP contribution in [0.15, 0.2) is 59.5 Å². The molecule has 0 spiro atoms. The van der Waals surface area contributed by atoms with Crippen LogP contribution in [0.3, 0.4) is 0 Å². The van der Waals surface area contributed by atoms with Gasteiger partial charge in [-0.05, 0) is 18.2 Å². The third-order valence-electron chi connectivity index (χ3n) is 3.17. The van der Waals surface area contributed by atoms with E-state index in [0.717, 1.165) is 22.0 Å². The van der Waals surface area contributed by atoms with Crippen molar-refractivity contribution in [1.82, 2.24) is 20.1 Å². The number of pyridine rings is 1. The minimum absolute atomic E-state index is 0.501. The molecule has 0 bridgehead atoms. The summed E-state index contributed by atoms with van der Waals surface area (Å²) in [4.78, 5) is 11.7. The van der Waals surface area contributed by atoms with Crippen molar-refractivity contribution in [2.75, 3.05) is 0 Å². The molecule has 0 aliphatic rings. The Kier molecular flexibility index (Phi) is 2.35. The summed E-state index contributed by atoms with van der Waals surface area (Å²) in [5.41, 5.74) is 2.79. The number of nitrogens with zero attached hydrogens (tertiary/aromatic N) is 3. The molecule has 0 aliphatic carbocycles. The lowest BCUT2D eigenvalue weighted by Gasteiger charge is -1.91. The van der Waals surface area contributed by atoms with E-state index < -0.39 is 0 Å². The van der Waals surface area contributed by atoms with Gasteiger partial charge >= 0.3 is 0 Å². The van der Waals surface area contributed by atoms with Gasteiger partial charge in [-0.25, -0.2) is 0 Å². The number of H-pyrrole nitrogens is 1. The van der Waals surface area contributed by atoms with Gasteiger partial charge in [-0.1, -0.05) is 23.4 Å². The summed E-state index contributed by atoms with van der Waals surface area (Å²) in [5.74, 6) is 1.04. The standard InChI is InChI=1S/C15H10N4O/c1-2-6-13-11(5-1)12(9-17-13)15-18-14(19-20-15)10-4-3-7-16-8-10/h1-9,17H. The maximum Gasteiger partial charge on any atom is 0.260 e. The molecule has 0 atom stereocenters. The molecule has 96 valence electrons. The van der Waals surface area contributed by atoms with Crippen LogP contribution >= 0.6 is 0 Å². The van der Waals surface area contributed by atoms with Crippen molar-refractivity contribution in [3.63, 3.8) is 0 Å². The molecule has 5 nitrogen and oxygen atoms in total. The number of benzene rings is 1. The van der Waals surface area contributed by atoms with Crippen molar-refractivity contribution in [3.05, 3.63) is 55.0 Å². The lowest BCUT2D eigenvalue weighted by molar-refractivity contribution is 0.432. The molecule has 4 rings (SSSR count). The van der Waals surface area contributed by atoms with E-state index in [1.54, 1.807) is 12.4 Å². The Balaban J connectivity index is 1.82. The minimum atomic E-state index is 0.501. The zero-order valence-corrected chi connectivity index (χ0v) is 10.4. The van der Waals surface area contributed by atoms with E-state index in [0.29, 0.717) is 11.7 Å². The summed E-state index contributed by atoms with van der Waals surface area (Å²) >= 11 is 0. The SMILES string of the molecule is c1cncc(-c2noc(-c3c[nH]c4ccccc34)n2)c1. The minimum Gasteiger partial charge on any atom is -0.360 e. The maximum atomic E-state index is 5.36. The van der Waals surface area contributed by atoms with Gasteiger partial charge in [0, 0.05) is 35.1 Å². The molecule has 0 saturated heterocycles. The van der Waals surface area contributed by atoms with E-state index in [2.05, 4.69) is 20.1 Å². The molecule has 4 aromatic rings. The third-order valence-corrected chi connectivity index (χ3v) is 3.17. The highest BCUT2D eigenvalue weighted by Gasteiger charge is 2.14. The van der Waals surface area contributed by atoms with Gasteiger partial charge in [0.05, 0.1) is 5.56 Å². The van der Waals surface area contributed by atoms with Crippen LogP contribution in [-0.2, 0) is 0 Å². The Morgan fingerprint density at radius 1 is 1.05 bits per heavy atom. The van der Waals surface area contributed by atoms with Crippen molar-refractivity contribution in [2.24, 2.45) is 0 Å². The fourth-order valence-corrected chi connectivity index (χ4v) is 2.19. The van der Waals surface area contributed by atoms with Crippen molar-refractivity contribution >= 4 is 10.9 Å². The van der Waals surface area contributed by atoms with Gasteiger partial charge < -0.3 is 9.51 Å². The second-order valence-electron chi connectivity index (χ2n) is 4.41. The molecule has 1 N–H and O–H groups in total. The van der Waals surface area contributed by atoms with E-state index in [1.165, 1.54) is 0 Å². The number of hydrogen-bond donors (Lipinski definition) is 1. The van der Waals surface area contributed by atoms with Gasteiger partial charge in [0.1, 0.15) is 0 Å². The fraction of sp³-hybridized carbons (Fsp3) is 0. The van der Waals surface area contributed by atoms with Crippen LogP contribution in [-0.4, -0.2) is 20.1 Å². The zero-order chi connectivity index (χ0) is 13.4. The average molecular weight is 262 g/mol. The molecule has 3 aromatic heterocycles. The number of fused-ring (bicyclic) bond motifs is 1. The number of aromatic nitrogens is 4. The topological polar surface area (TPSA) is 67.6 Å². The van der Waals surface area contributed by atoms with Crippen LogP contribution in [0.25, 0.3) is 33.7 Å². The Morgan fingerprint density at radius 3 is 2.90 bits per heavy atom. The molecular weight excluding hydrogens is 252 g/mol. The molecule has 0 aliphatic heterocycles. The van der Waals surface area contributed by atoms with Crippen molar-refractivity contribution in [3.8, 4) is 22.8 Å². The molecule has 20 heavy (non-hydrogen) atoms. The second-order valence-corrected chi connectivity index (χ2v) is 4.41. The van der Waals surface area contributed by atoms with Gasteiger partial charge in [-0.15, -0.1) is 0 Å². The monoisotopic (exact) mass is 262 g/mol. The van der Waals surface area contributed by atoms with Crippen molar-refractivity contribution < 1.29 is 4.52 Å². The predicted octanol–water partition coefficient (Wildman–Crippen LogP) is 3.28. The van der Waals surface area contributed by atoms with Crippen LogP contribution < -0.4 is 0 Å². The molecule has 1 aromatic carbocycles. The molecule has 0 amide bonds. The summed E-state index contributed by atoms with van der Waals surface area (Å²) in [6, 6.07) is 11.7. The molecule has 3 heterocycles. The highest BCUT2D eigenvalue weighted by molar-refractivity contribution is 5.93. The van der Waals surface area contributed by atoms with E-state index in [9.17, 15) is 0 Å². The number of nitrogens with one attached hydrogen (secondary N) is 1. The number of aromatic amines is 1. The molecule has 0 fully saturated rings. The average Bonchev–Trinajstić information content (AvgIpc) is 3.14. The first-order valence-electron chi connectivity index (χ1n) is 6.22. The predicted molar refractivity (Wildman–Crippen MR) is 74.8 cm³/mol. The fourth-order valence-electron chi connectivity index (χ4n) is 2.19. The lowest BCUT2D eigenvalue weighted by Crippen LogP contribution is -1.81. The van der Waals surface area contributed by atoms with Gasteiger partial charge in [-0.3, -0.25) is 4.98 Å². The highest BCUT2D eigenvalue weighted by atomic mass is 16.5. The normalized spacial score (nSPS) is 11.0. The molecule has 0 radical (unpaired) electrons. The van der Waals surface area contributed by atoms with Crippen LogP contribution in [0.4, 0.5) is 0 Å². The van der Waals surface area contributed by atoms with Gasteiger partial charge in [0.15, 0.2) is 0 Å². The van der Waals surface area contributed by atoms with Crippen LogP contribution in [0.2, 0.25) is 0 Å². The summed E-state index contributed by atoms with van der Waals surface area (Å²) in [7, 11) is 0. The third kappa shape index (κ3) is 1.68. The van der Waals surface area contributed by atoms with Crippen molar-refractivity contribution in [1.29, 1.82) is 0 Å². The summed E-state index contributed by atoms with van der Waals surface area (Å²) in [6.07, 6.45) is 5.30. The smallest absolute Gasteiger partial charge is 0.260 e. The summed E-state index contributed by atoms with van der Waals surface area (Å²) < 4.78 is 5.36. The number of rotatable bonds is 2. The van der Waals surface area contributed by atoms with Gasteiger partial charge in [0.2, 0.25) is 5.82 Å². The van der Waals surface area contributed by atoms with Gasteiger partial charge in [-0.2, -0.15) is 4.98 Å². The Bertz CT molecular complexity index is 864. The first-order valence-corrected chi connectivity index (χ1v) is 6.22. The largest absolute Gasteiger partial charge is 0.360 e. The van der Waals surface area contributed by atoms with E-state index in [1.807, 2.05) is 42.6 Å². The zero-order valence-electron chi connectivity index (χ0n) is 10.4. The molecule has 0 saturated carbocycles. The van der Waals surface area contributed by atoms with Crippen LogP contribution in [0, 0.1) is 0 Å². The molecule has 0 unspecified atom stereocenters. The molecule has 5 heteroatoms. The first-order chi connectivity index (χ1) is 9.92. The van der Waals surface area contributed by atoms with Crippen molar-refractivity contribution in [2.45, 2.75) is 0 Å². The van der Waals surface area contributed by atoms with Crippen LogP contribution in [0.5, 0.6) is 0 Å². The summed E-state index contributed by atoms with van der Waals surface area (Å²) in [5, 5.41) is 5.07. The highest BCUT2D eigenvalue weighted by Crippen LogP contribution is 2.28. The lowest BCUT2D eigenvalue weighted by atomic mass is 10.2. The number of para-hydroxylation sites is 1. The Hall–Kier alpha value is -2.95. The Labute approximate surface area is 114 Å². The summed E-state index contributed by atoms with van der Waals surface area (Å²) in [6.45, 7) is 0. The second kappa shape index (κ2) is 4.31. The quantitative estimate of drug-likeness (QED) is 0.602.